The van der Waals surface area contributed by atoms with Crippen LogP contribution in [0.5, 0.6) is 0 Å². The van der Waals surface area contributed by atoms with E-state index in [0.717, 1.165) is 12.8 Å². The topological polar surface area (TPSA) is 75.3 Å². The Labute approximate surface area is 94.5 Å². The third kappa shape index (κ3) is 1.83. The lowest BCUT2D eigenvalue weighted by atomic mass is 9.78. The average molecular weight is 220 g/mol. The standard InChI is InChI=1S/C12H16N2O2/c1-12(6-3-7-12)14-10-8(11(15)16)4-2-5-9(10)13/h2,4-5,14H,3,6-7,13H2,1H3,(H,15,16). The summed E-state index contributed by atoms with van der Waals surface area (Å²) in [5, 5.41) is 12.3. The van der Waals surface area contributed by atoms with Crippen LogP contribution in [0.15, 0.2) is 18.2 Å². The molecular weight excluding hydrogens is 204 g/mol. The molecule has 0 unspecified atom stereocenters. The molecule has 0 radical (unpaired) electrons. The van der Waals surface area contributed by atoms with Crippen molar-refractivity contribution < 1.29 is 9.90 Å². The van der Waals surface area contributed by atoms with Gasteiger partial charge in [-0.1, -0.05) is 6.07 Å². The molecular formula is C12H16N2O2. The second-order valence-electron chi connectivity index (χ2n) is 4.61. The van der Waals surface area contributed by atoms with Crippen LogP contribution < -0.4 is 11.1 Å². The van der Waals surface area contributed by atoms with E-state index in [0.29, 0.717) is 11.4 Å². The Balaban J connectivity index is 2.34. The molecule has 0 heterocycles. The van der Waals surface area contributed by atoms with Crippen molar-refractivity contribution >= 4 is 17.3 Å². The molecule has 0 aromatic heterocycles. The number of nitrogen functional groups attached to an aromatic ring is 1. The number of hydrogen-bond donors (Lipinski definition) is 3. The molecule has 1 aliphatic carbocycles. The van der Waals surface area contributed by atoms with E-state index < -0.39 is 5.97 Å². The number of para-hydroxylation sites is 1. The zero-order valence-electron chi connectivity index (χ0n) is 9.29. The first kappa shape index (κ1) is 10.8. The Morgan fingerprint density at radius 2 is 2.19 bits per heavy atom. The molecule has 2 rings (SSSR count). The monoisotopic (exact) mass is 220 g/mol. The Hall–Kier alpha value is -1.71. The van der Waals surface area contributed by atoms with Gasteiger partial charge < -0.3 is 16.2 Å². The summed E-state index contributed by atoms with van der Waals surface area (Å²) < 4.78 is 0. The fraction of sp³-hybridized carbons (Fsp3) is 0.417. The normalized spacial score (nSPS) is 17.6. The quantitative estimate of drug-likeness (QED) is 0.683. The van der Waals surface area contributed by atoms with Crippen molar-refractivity contribution in [3.8, 4) is 0 Å². The Kier molecular flexibility index (Phi) is 2.50. The second kappa shape index (κ2) is 3.70. The van der Waals surface area contributed by atoms with Crippen LogP contribution in [-0.4, -0.2) is 16.6 Å². The van der Waals surface area contributed by atoms with Gasteiger partial charge in [0.05, 0.1) is 16.9 Å². The number of benzene rings is 1. The molecule has 1 fully saturated rings. The summed E-state index contributed by atoms with van der Waals surface area (Å²) in [6.07, 6.45) is 3.29. The van der Waals surface area contributed by atoms with E-state index in [1.54, 1.807) is 18.2 Å². The van der Waals surface area contributed by atoms with E-state index in [1.807, 2.05) is 0 Å². The number of carbonyl (C=O) groups is 1. The summed E-state index contributed by atoms with van der Waals surface area (Å²) >= 11 is 0. The van der Waals surface area contributed by atoms with Crippen LogP contribution >= 0.6 is 0 Å². The highest BCUT2D eigenvalue weighted by molar-refractivity contribution is 5.97. The maximum absolute atomic E-state index is 11.1. The Morgan fingerprint density at radius 1 is 1.50 bits per heavy atom. The molecule has 86 valence electrons. The number of aromatic carboxylic acids is 1. The molecule has 0 amide bonds. The molecule has 1 saturated carbocycles. The predicted octanol–water partition coefficient (Wildman–Crippen LogP) is 2.32. The molecule has 0 atom stereocenters. The number of anilines is 2. The predicted molar refractivity (Wildman–Crippen MR) is 63.7 cm³/mol. The van der Waals surface area contributed by atoms with Gasteiger partial charge in [0.1, 0.15) is 0 Å². The molecule has 0 aliphatic heterocycles. The lowest BCUT2D eigenvalue weighted by Gasteiger charge is -2.40. The molecule has 1 aromatic carbocycles. The van der Waals surface area contributed by atoms with E-state index >= 15 is 0 Å². The van der Waals surface area contributed by atoms with Crippen molar-refractivity contribution in [2.24, 2.45) is 0 Å². The molecule has 0 spiro atoms. The third-order valence-electron chi connectivity index (χ3n) is 3.21. The second-order valence-corrected chi connectivity index (χ2v) is 4.61. The van der Waals surface area contributed by atoms with Crippen molar-refractivity contribution in [2.75, 3.05) is 11.1 Å². The van der Waals surface area contributed by atoms with E-state index in [1.165, 1.54) is 6.42 Å². The van der Waals surface area contributed by atoms with Crippen LogP contribution in [0.2, 0.25) is 0 Å². The van der Waals surface area contributed by atoms with E-state index in [2.05, 4.69) is 12.2 Å². The highest BCUT2D eigenvalue weighted by atomic mass is 16.4. The number of nitrogens with one attached hydrogen (secondary N) is 1. The molecule has 4 heteroatoms. The van der Waals surface area contributed by atoms with Crippen molar-refractivity contribution in [1.82, 2.24) is 0 Å². The summed E-state index contributed by atoms with van der Waals surface area (Å²) in [5.41, 5.74) is 7.11. The highest BCUT2D eigenvalue weighted by Gasteiger charge is 2.33. The van der Waals surface area contributed by atoms with Crippen LogP contribution in [-0.2, 0) is 0 Å². The fourth-order valence-corrected chi connectivity index (χ4v) is 2.02. The molecule has 0 bridgehead atoms. The molecule has 1 aliphatic rings. The largest absolute Gasteiger partial charge is 0.478 e. The highest BCUT2D eigenvalue weighted by Crippen LogP contribution is 2.37. The van der Waals surface area contributed by atoms with Gasteiger partial charge >= 0.3 is 5.97 Å². The summed E-state index contributed by atoms with van der Waals surface area (Å²) in [6.45, 7) is 2.09. The van der Waals surface area contributed by atoms with Crippen molar-refractivity contribution in [2.45, 2.75) is 31.7 Å². The molecule has 0 saturated heterocycles. The first-order chi connectivity index (χ1) is 7.52. The van der Waals surface area contributed by atoms with E-state index in [9.17, 15) is 4.79 Å². The maximum atomic E-state index is 11.1. The van der Waals surface area contributed by atoms with Crippen LogP contribution in [0.1, 0.15) is 36.5 Å². The third-order valence-corrected chi connectivity index (χ3v) is 3.21. The SMILES string of the molecule is CC1(Nc2c(N)cccc2C(=O)O)CCC1. The minimum atomic E-state index is -0.947. The molecule has 16 heavy (non-hydrogen) atoms. The van der Waals surface area contributed by atoms with Gasteiger partial charge in [0, 0.05) is 5.54 Å². The van der Waals surface area contributed by atoms with Gasteiger partial charge in [-0.3, -0.25) is 0 Å². The van der Waals surface area contributed by atoms with Gasteiger partial charge in [0.15, 0.2) is 0 Å². The molecule has 4 N–H and O–H groups in total. The van der Waals surface area contributed by atoms with Crippen LogP contribution in [0.3, 0.4) is 0 Å². The Bertz CT molecular complexity index is 425. The van der Waals surface area contributed by atoms with Gasteiger partial charge in [0.2, 0.25) is 0 Å². The summed E-state index contributed by atoms with van der Waals surface area (Å²) in [4.78, 5) is 11.1. The zero-order valence-corrected chi connectivity index (χ0v) is 9.29. The summed E-state index contributed by atoms with van der Waals surface area (Å²) in [6, 6.07) is 4.95. The minimum absolute atomic E-state index is 0.000324. The first-order valence-electron chi connectivity index (χ1n) is 5.42. The lowest BCUT2D eigenvalue weighted by Crippen LogP contribution is -2.42. The number of hydrogen-bond acceptors (Lipinski definition) is 3. The summed E-state index contributed by atoms with van der Waals surface area (Å²) in [7, 11) is 0. The molecule has 1 aromatic rings. The van der Waals surface area contributed by atoms with Crippen molar-refractivity contribution in [3.63, 3.8) is 0 Å². The number of nitrogens with two attached hydrogens (primary N) is 1. The van der Waals surface area contributed by atoms with Crippen LogP contribution in [0.25, 0.3) is 0 Å². The smallest absolute Gasteiger partial charge is 0.337 e. The number of carboxylic acid groups (broad SMARTS) is 1. The van der Waals surface area contributed by atoms with Gasteiger partial charge in [-0.25, -0.2) is 4.79 Å². The van der Waals surface area contributed by atoms with E-state index in [-0.39, 0.29) is 11.1 Å². The lowest BCUT2D eigenvalue weighted by molar-refractivity contribution is 0.0698. The first-order valence-corrected chi connectivity index (χ1v) is 5.42. The van der Waals surface area contributed by atoms with Crippen LogP contribution in [0, 0.1) is 0 Å². The number of carboxylic acids is 1. The average Bonchev–Trinajstić information content (AvgIpc) is 2.18. The van der Waals surface area contributed by atoms with E-state index in [4.69, 9.17) is 10.8 Å². The fourth-order valence-electron chi connectivity index (χ4n) is 2.02. The Morgan fingerprint density at radius 3 is 2.69 bits per heavy atom. The minimum Gasteiger partial charge on any atom is -0.478 e. The van der Waals surface area contributed by atoms with Crippen molar-refractivity contribution in [3.05, 3.63) is 23.8 Å². The van der Waals surface area contributed by atoms with Crippen molar-refractivity contribution in [1.29, 1.82) is 0 Å². The number of rotatable bonds is 3. The van der Waals surface area contributed by atoms with Crippen LogP contribution in [0.4, 0.5) is 11.4 Å². The zero-order chi connectivity index (χ0) is 11.8. The summed E-state index contributed by atoms with van der Waals surface area (Å²) in [5.74, 6) is -0.947. The van der Waals surface area contributed by atoms with Gasteiger partial charge in [-0.15, -0.1) is 0 Å². The van der Waals surface area contributed by atoms with Gasteiger partial charge in [-0.05, 0) is 38.3 Å². The maximum Gasteiger partial charge on any atom is 0.337 e. The van der Waals surface area contributed by atoms with Gasteiger partial charge in [0.25, 0.3) is 0 Å². The van der Waals surface area contributed by atoms with Gasteiger partial charge in [-0.2, -0.15) is 0 Å². The molecule has 4 nitrogen and oxygen atoms in total.